The van der Waals surface area contributed by atoms with Gasteiger partial charge in [0, 0.05) is 15.4 Å². The Morgan fingerprint density at radius 3 is 2.44 bits per heavy atom. The van der Waals surface area contributed by atoms with E-state index >= 15 is 0 Å². The van der Waals surface area contributed by atoms with Crippen molar-refractivity contribution < 1.29 is 18.8 Å². The number of rotatable bonds is 6. The molecule has 0 aromatic heterocycles. The van der Waals surface area contributed by atoms with Crippen molar-refractivity contribution >= 4 is 40.9 Å². The maximum Gasteiger partial charge on any atom is 0.339 e. The molecule has 0 N–H and O–H groups in total. The molecule has 0 bridgehead atoms. The van der Waals surface area contributed by atoms with E-state index < -0.39 is 0 Å². The molecule has 2 aromatic rings. The Kier molecular flexibility index (Phi) is 5.86. The van der Waals surface area contributed by atoms with Gasteiger partial charge in [0.1, 0.15) is 6.61 Å². The summed E-state index contributed by atoms with van der Waals surface area (Å²) in [6.07, 6.45) is 2.03. The molecule has 0 saturated heterocycles. The molecule has 2 aromatic carbocycles. The lowest BCUT2D eigenvalue weighted by Gasteiger charge is -2.09. The molecule has 1 aliphatic rings. The van der Waals surface area contributed by atoms with E-state index in [0.29, 0.717) is 12.2 Å². The Balaban J connectivity index is 1.99. The molecular formula is C19H18O4S2. The Morgan fingerprint density at radius 1 is 1.08 bits per heavy atom. The van der Waals surface area contributed by atoms with E-state index in [1.165, 1.54) is 7.11 Å². The van der Waals surface area contributed by atoms with Crippen LogP contribution in [-0.2, 0) is 18.8 Å². The highest BCUT2D eigenvalue weighted by atomic mass is 32.2. The van der Waals surface area contributed by atoms with Gasteiger partial charge < -0.3 is 4.74 Å². The number of aryl methyl sites for hydroxylation is 1. The van der Waals surface area contributed by atoms with Crippen molar-refractivity contribution in [2.24, 2.45) is 0 Å². The molecule has 3 rings (SSSR count). The van der Waals surface area contributed by atoms with Crippen LogP contribution in [0.5, 0.6) is 0 Å². The maximum absolute atomic E-state index is 12.3. The summed E-state index contributed by atoms with van der Waals surface area (Å²) >= 11 is 2.83. The van der Waals surface area contributed by atoms with Crippen molar-refractivity contribution in [3.05, 3.63) is 59.2 Å². The molecule has 0 aliphatic carbocycles. The zero-order valence-electron chi connectivity index (χ0n) is 14.2. The fourth-order valence-electron chi connectivity index (χ4n) is 2.68. The molecule has 0 unspecified atom stereocenters. The molecule has 25 heavy (non-hydrogen) atoms. The summed E-state index contributed by atoms with van der Waals surface area (Å²) in [5.74, 6) is -0.272. The molecule has 1 aliphatic heterocycles. The molecule has 0 atom stereocenters. The lowest BCUT2D eigenvalue weighted by Crippen LogP contribution is -1.98. The van der Waals surface area contributed by atoms with Gasteiger partial charge in [-0.2, -0.15) is 4.33 Å². The molecule has 0 radical (unpaired) electrons. The molecule has 0 spiro atoms. The van der Waals surface area contributed by atoms with Crippen molar-refractivity contribution in [3.63, 3.8) is 0 Å². The predicted octanol–water partition coefficient (Wildman–Crippen LogP) is 4.77. The van der Waals surface area contributed by atoms with Crippen LogP contribution in [0.2, 0.25) is 0 Å². The highest BCUT2D eigenvalue weighted by Gasteiger charge is 2.27. The van der Waals surface area contributed by atoms with Crippen LogP contribution in [0.15, 0.2) is 52.3 Å². The third-order valence-corrected chi connectivity index (χ3v) is 5.53. The number of carbonyl (C=O) groups excluding carboxylic acids is 1. The number of carbonyl (C=O) groups is 1. The minimum absolute atomic E-state index is 0.272. The normalized spacial score (nSPS) is 14.1. The lowest BCUT2D eigenvalue weighted by molar-refractivity contribution is -0.160. The number of cyclic esters (lactones) is 1. The molecule has 0 amide bonds. The van der Waals surface area contributed by atoms with E-state index in [0.717, 1.165) is 44.1 Å². The number of benzene rings is 2. The first-order valence-corrected chi connectivity index (χ1v) is 9.63. The predicted molar refractivity (Wildman–Crippen MR) is 101 cm³/mol. The average molecular weight is 374 g/mol. The molecule has 4 nitrogen and oxygen atoms in total. The van der Waals surface area contributed by atoms with Gasteiger partial charge in [-0.25, -0.2) is 9.68 Å². The highest BCUT2D eigenvalue weighted by Crippen LogP contribution is 2.35. The summed E-state index contributed by atoms with van der Waals surface area (Å²) in [5.41, 5.74) is 4.46. The second kappa shape index (κ2) is 8.10. The van der Waals surface area contributed by atoms with Crippen LogP contribution in [0.3, 0.4) is 0 Å². The number of hydrogen-bond donors (Lipinski definition) is 0. The number of hydrogen-bond acceptors (Lipinski definition) is 6. The second-order valence-electron chi connectivity index (χ2n) is 5.46. The minimum Gasteiger partial charge on any atom is -0.457 e. The van der Waals surface area contributed by atoms with Gasteiger partial charge in [0.05, 0.1) is 24.7 Å². The highest BCUT2D eigenvalue weighted by molar-refractivity contribution is 7.98. The van der Waals surface area contributed by atoms with Crippen LogP contribution in [0.25, 0.3) is 11.1 Å². The summed E-state index contributed by atoms with van der Waals surface area (Å²) in [7, 11) is 1.47. The molecule has 6 heteroatoms. The van der Waals surface area contributed by atoms with Crippen LogP contribution in [0, 0.1) is 6.92 Å². The van der Waals surface area contributed by atoms with E-state index in [4.69, 9.17) is 9.07 Å². The van der Waals surface area contributed by atoms with Crippen molar-refractivity contribution in [2.45, 2.75) is 16.7 Å². The summed E-state index contributed by atoms with van der Waals surface area (Å²) in [4.78, 5) is 19.0. The topological polar surface area (TPSA) is 44.8 Å². The fourth-order valence-corrected chi connectivity index (χ4v) is 3.55. The van der Waals surface area contributed by atoms with Crippen molar-refractivity contribution in [3.8, 4) is 0 Å². The van der Waals surface area contributed by atoms with E-state index in [-0.39, 0.29) is 5.97 Å². The van der Waals surface area contributed by atoms with Gasteiger partial charge in [-0.3, -0.25) is 0 Å². The number of thioether (sulfide) groups is 1. The van der Waals surface area contributed by atoms with E-state index in [9.17, 15) is 4.79 Å². The van der Waals surface area contributed by atoms with Crippen LogP contribution in [0.1, 0.15) is 16.7 Å². The van der Waals surface area contributed by atoms with Gasteiger partial charge in [0.15, 0.2) is 0 Å². The van der Waals surface area contributed by atoms with Gasteiger partial charge >= 0.3 is 5.97 Å². The summed E-state index contributed by atoms with van der Waals surface area (Å²) in [5, 5.41) is 0. The molecule has 1 heterocycles. The summed E-state index contributed by atoms with van der Waals surface area (Å²) in [6, 6.07) is 13.9. The Bertz CT molecular complexity index is 813. The molecular weight excluding hydrogens is 356 g/mol. The average Bonchev–Trinajstić information content (AvgIpc) is 3.02. The Hall–Kier alpha value is -1.73. The third kappa shape index (κ3) is 3.93. The van der Waals surface area contributed by atoms with E-state index in [1.54, 1.807) is 11.8 Å². The summed E-state index contributed by atoms with van der Waals surface area (Å²) in [6.45, 7) is 2.29. The first-order valence-electron chi connectivity index (χ1n) is 7.67. The first-order chi connectivity index (χ1) is 12.1. The van der Waals surface area contributed by atoms with Gasteiger partial charge in [0.2, 0.25) is 0 Å². The maximum atomic E-state index is 12.3. The minimum atomic E-state index is -0.272. The monoisotopic (exact) mass is 374 g/mol. The van der Waals surface area contributed by atoms with E-state index in [1.807, 2.05) is 55.6 Å². The molecule has 0 fully saturated rings. The van der Waals surface area contributed by atoms with Crippen molar-refractivity contribution in [1.29, 1.82) is 0 Å². The smallest absolute Gasteiger partial charge is 0.339 e. The Morgan fingerprint density at radius 2 is 1.80 bits per heavy atom. The molecule has 0 saturated carbocycles. The molecule has 130 valence electrons. The van der Waals surface area contributed by atoms with Gasteiger partial charge in [-0.15, -0.1) is 11.8 Å². The van der Waals surface area contributed by atoms with Crippen LogP contribution in [0.4, 0.5) is 0 Å². The van der Waals surface area contributed by atoms with Gasteiger partial charge in [-0.1, -0.05) is 24.3 Å². The number of esters is 1. The van der Waals surface area contributed by atoms with Crippen molar-refractivity contribution in [2.75, 3.05) is 20.0 Å². The van der Waals surface area contributed by atoms with Crippen LogP contribution >= 0.6 is 23.8 Å². The van der Waals surface area contributed by atoms with Crippen LogP contribution < -0.4 is 0 Å². The third-order valence-electron chi connectivity index (χ3n) is 3.95. The fraction of sp³-hybridized carbons (Fsp3) is 0.211. The SMILES string of the molecule is COOSc1ccc(C2=C(c3ccc(SC)cc3)C(=O)OC2)cc1C. The largest absolute Gasteiger partial charge is 0.457 e. The van der Waals surface area contributed by atoms with Gasteiger partial charge in [-0.05, 0) is 48.1 Å². The lowest BCUT2D eigenvalue weighted by atomic mass is 9.96. The Labute approximate surface area is 155 Å². The van der Waals surface area contributed by atoms with Crippen molar-refractivity contribution in [1.82, 2.24) is 0 Å². The quantitative estimate of drug-likeness (QED) is 0.239. The first kappa shape index (κ1) is 18.1. The summed E-state index contributed by atoms with van der Waals surface area (Å²) < 4.78 is 10.2. The van der Waals surface area contributed by atoms with Gasteiger partial charge in [0.25, 0.3) is 0 Å². The zero-order valence-corrected chi connectivity index (χ0v) is 15.8. The standard InChI is InChI=1S/C19H18O4S2/c1-12-10-14(6-9-17(12)25-23-21-2)16-11-22-19(20)18(16)13-4-7-15(24-3)8-5-13/h4-10H,11H2,1-3H3. The van der Waals surface area contributed by atoms with E-state index in [2.05, 4.69) is 4.89 Å². The second-order valence-corrected chi connectivity index (χ2v) is 7.08. The zero-order chi connectivity index (χ0) is 17.8. The number of ether oxygens (including phenoxy) is 1. The van der Waals surface area contributed by atoms with Crippen LogP contribution in [-0.4, -0.2) is 25.9 Å².